The predicted molar refractivity (Wildman–Crippen MR) is 146 cm³/mol. The SMILES string of the molecule is Cc1cc(C)c(-c2cccc3sc(Nc4cc(C(C)(C)C)cc(C(C)(C)C)c4)nc23)c(C)c1. The zero-order chi connectivity index (χ0) is 24.1. The summed E-state index contributed by atoms with van der Waals surface area (Å²) in [5.74, 6) is 0. The topological polar surface area (TPSA) is 24.9 Å². The van der Waals surface area contributed by atoms with Crippen LogP contribution in [0.3, 0.4) is 0 Å². The van der Waals surface area contributed by atoms with Crippen LogP contribution in [0, 0.1) is 20.8 Å². The number of benzene rings is 3. The highest BCUT2D eigenvalue weighted by atomic mass is 32.1. The molecule has 0 radical (unpaired) electrons. The Labute approximate surface area is 203 Å². The quantitative estimate of drug-likeness (QED) is 0.332. The molecule has 4 aromatic rings. The normalized spacial score (nSPS) is 12.4. The molecule has 0 spiro atoms. The maximum atomic E-state index is 5.08. The second-order valence-electron chi connectivity index (χ2n) is 11.4. The second-order valence-corrected chi connectivity index (χ2v) is 12.4. The fourth-order valence-corrected chi connectivity index (χ4v) is 5.41. The molecule has 0 bridgehead atoms. The van der Waals surface area contributed by atoms with Crippen LogP contribution >= 0.6 is 11.3 Å². The Morgan fingerprint density at radius 3 is 1.88 bits per heavy atom. The average molecular weight is 457 g/mol. The third-order valence-corrected chi connectivity index (χ3v) is 7.22. The van der Waals surface area contributed by atoms with Crippen molar-refractivity contribution in [1.82, 2.24) is 4.98 Å². The van der Waals surface area contributed by atoms with Crippen LogP contribution in [-0.2, 0) is 10.8 Å². The van der Waals surface area contributed by atoms with Gasteiger partial charge in [-0.05, 0) is 77.6 Å². The van der Waals surface area contributed by atoms with Crippen molar-refractivity contribution in [2.75, 3.05) is 5.32 Å². The van der Waals surface area contributed by atoms with Crippen LogP contribution in [0.25, 0.3) is 21.3 Å². The minimum absolute atomic E-state index is 0.0823. The largest absolute Gasteiger partial charge is 0.332 e. The van der Waals surface area contributed by atoms with Crippen molar-refractivity contribution in [3.05, 3.63) is 76.3 Å². The molecule has 0 atom stereocenters. The average Bonchev–Trinajstić information content (AvgIpc) is 3.08. The highest BCUT2D eigenvalue weighted by Crippen LogP contribution is 2.39. The number of hydrogen-bond donors (Lipinski definition) is 1. The first-order valence-electron chi connectivity index (χ1n) is 11.7. The minimum Gasteiger partial charge on any atom is -0.332 e. The van der Waals surface area contributed by atoms with Gasteiger partial charge < -0.3 is 5.32 Å². The molecule has 33 heavy (non-hydrogen) atoms. The number of para-hydroxylation sites is 1. The third kappa shape index (κ3) is 4.84. The molecule has 0 fully saturated rings. The lowest BCUT2D eigenvalue weighted by Crippen LogP contribution is -2.16. The van der Waals surface area contributed by atoms with Crippen molar-refractivity contribution < 1.29 is 0 Å². The number of nitrogens with one attached hydrogen (secondary N) is 1. The predicted octanol–water partition coefficient (Wildman–Crippen LogP) is 9.23. The molecule has 2 nitrogen and oxygen atoms in total. The van der Waals surface area contributed by atoms with E-state index in [2.05, 4.69) is 116 Å². The van der Waals surface area contributed by atoms with Crippen molar-refractivity contribution in [3.63, 3.8) is 0 Å². The molecule has 0 unspecified atom stereocenters. The molecule has 0 saturated carbocycles. The Morgan fingerprint density at radius 1 is 0.758 bits per heavy atom. The van der Waals surface area contributed by atoms with Crippen molar-refractivity contribution >= 4 is 32.4 Å². The number of aryl methyl sites for hydroxylation is 3. The van der Waals surface area contributed by atoms with Crippen LogP contribution in [0.2, 0.25) is 0 Å². The molecule has 0 aliphatic rings. The maximum Gasteiger partial charge on any atom is 0.188 e. The van der Waals surface area contributed by atoms with Gasteiger partial charge in [0.25, 0.3) is 0 Å². The van der Waals surface area contributed by atoms with Crippen molar-refractivity contribution in [2.45, 2.75) is 73.1 Å². The van der Waals surface area contributed by atoms with Gasteiger partial charge in [0.15, 0.2) is 5.13 Å². The Morgan fingerprint density at radius 2 is 1.33 bits per heavy atom. The van der Waals surface area contributed by atoms with E-state index in [1.54, 1.807) is 11.3 Å². The first kappa shape index (κ1) is 23.5. The molecule has 0 aliphatic heterocycles. The van der Waals surface area contributed by atoms with E-state index in [1.165, 1.54) is 43.6 Å². The van der Waals surface area contributed by atoms with Gasteiger partial charge in [0.05, 0.1) is 10.2 Å². The molecule has 1 N–H and O–H groups in total. The van der Waals surface area contributed by atoms with E-state index >= 15 is 0 Å². The van der Waals surface area contributed by atoms with Gasteiger partial charge in [0, 0.05) is 11.3 Å². The van der Waals surface area contributed by atoms with Gasteiger partial charge >= 0.3 is 0 Å². The van der Waals surface area contributed by atoms with E-state index in [-0.39, 0.29) is 10.8 Å². The summed E-state index contributed by atoms with van der Waals surface area (Å²) in [7, 11) is 0. The van der Waals surface area contributed by atoms with Gasteiger partial charge in [-0.3, -0.25) is 0 Å². The van der Waals surface area contributed by atoms with Crippen molar-refractivity contribution in [1.29, 1.82) is 0 Å². The fraction of sp³-hybridized carbons (Fsp3) is 0.367. The summed E-state index contributed by atoms with van der Waals surface area (Å²) in [5, 5.41) is 4.58. The van der Waals surface area contributed by atoms with Gasteiger partial charge in [0.2, 0.25) is 0 Å². The number of nitrogens with zero attached hydrogens (tertiary/aromatic N) is 1. The summed E-state index contributed by atoms with van der Waals surface area (Å²) in [6, 6.07) is 18.0. The molecule has 3 aromatic carbocycles. The molecule has 4 rings (SSSR count). The van der Waals surface area contributed by atoms with Crippen LogP contribution < -0.4 is 5.32 Å². The van der Waals surface area contributed by atoms with Crippen molar-refractivity contribution in [2.24, 2.45) is 0 Å². The summed E-state index contributed by atoms with van der Waals surface area (Å²) in [6.07, 6.45) is 0. The molecule has 172 valence electrons. The van der Waals surface area contributed by atoms with Gasteiger partial charge in [-0.25, -0.2) is 4.98 Å². The lowest BCUT2D eigenvalue weighted by atomic mass is 9.80. The van der Waals surface area contributed by atoms with Crippen LogP contribution in [0.5, 0.6) is 0 Å². The summed E-state index contributed by atoms with van der Waals surface area (Å²) in [5.41, 5.74) is 11.4. The summed E-state index contributed by atoms with van der Waals surface area (Å²) < 4.78 is 1.21. The number of thiazole rings is 1. The molecule has 0 amide bonds. The van der Waals surface area contributed by atoms with E-state index in [4.69, 9.17) is 4.98 Å². The van der Waals surface area contributed by atoms with Crippen molar-refractivity contribution in [3.8, 4) is 11.1 Å². The van der Waals surface area contributed by atoms with Gasteiger partial charge in [-0.15, -0.1) is 0 Å². The van der Waals surface area contributed by atoms with E-state index < -0.39 is 0 Å². The zero-order valence-corrected chi connectivity index (χ0v) is 22.3. The third-order valence-electron chi connectivity index (χ3n) is 6.28. The van der Waals surface area contributed by atoms with Crippen LogP contribution in [0.1, 0.15) is 69.4 Å². The Kier molecular flexibility index (Phi) is 5.90. The summed E-state index contributed by atoms with van der Waals surface area (Å²) in [6.45, 7) is 20.2. The smallest absolute Gasteiger partial charge is 0.188 e. The number of aromatic nitrogens is 1. The van der Waals surface area contributed by atoms with E-state index in [9.17, 15) is 0 Å². The van der Waals surface area contributed by atoms with E-state index in [1.807, 2.05) is 0 Å². The van der Waals surface area contributed by atoms with Crippen LogP contribution in [-0.4, -0.2) is 4.98 Å². The highest BCUT2D eigenvalue weighted by Gasteiger charge is 2.21. The minimum atomic E-state index is 0.0823. The fourth-order valence-electron chi connectivity index (χ4n) is 4.50. The van der Waals surface area contributed by atoms with E-state index in [0.717, 1.165) is 16.3 Å². The summed E-state index contributed by atoms with van der Waals surface area (Å²) >= 11 is 1.72. The molecule has 1 heterocycles. The lowest BCUT2D eigenvalue weighted by molar-refractivity contribution is 0.569. The van der Waals surface area contributed by atoms with Crippen LogP contribution in [0.4, 0.5) is 10.8 Å². The maximum absolute atomic E-state index is 5.08. The molecular formula is C30H36N2S. The number of fused-ring (bicyclic) bond motifs is 1. The number of anilines is 2. The first-order chi connectivity index (χ1) is 15.3. The first-order valence-corrected chi connectivity index (χ1v) is 12.6. The lowest BCUT2D eigenvalue weighted by Gasteiger charge is -2.26. The monoisotopic (exact) mass is 456 g/mol. The Balaban J connectivity index is 1.80. The zero-order valence-electron chi connectivity index (χ0n) is 21.5. The molecule has 1 aromatic heterocycles. The number of hydrogen-bond acceptors (Lipinski definition) is 3. The molecule has 0 saturated heterocycles. The van der Waals surface area contributed by atoms with Gasteiger partial charge in [-0.1, -0.05) is 88.8 Å². The standard InChI is InChI=1S/C30H36N2S/c1-18-13-19(2)26(20(3)14-18)24-11-10-12-25-27(24)32-28(33-25)31-23-16-21(29(4,5)6)15-22(17-23)30(7,8)9/h10-17H,1-9H3,(H,31,32). The van der Waals surface area contributed by atoms with Gasteiger partial charge in [0.1, 0.15) is 0 Å². The summed E-state index contributed by atoms with van der Waals surface area (Å²) in [4.78, 5) is 5.08. The highest BCUT2D eigenvalue weighted by molar-refractivity contribution is 7.22. The van der Waals surface area contributed by atoms with E-state index in [0.29, 0.717) is 0 Å². The van der Waals surface area contributed by atoms with Gasteiger partial charge in [-0.2, -0.15) is 0 Å². The second kappa shape index (κ2) is 8.29. The molecule has 3 heteroatoms. The Hall–Kier alpha value is -2.65. The molecule has 0 aliphatic carbocycles. The Bertz CT molecular complexity index is 1270. The molecular weight excluding hydrogens is 420 g/mol. The van der Waals surface area contributed by atoms with Crippen LogP contribution in [0.15, 0.2) is 48.5 Å². The number of rotatable bonds is 3.